The van der Waals surface area contributed by atoms with Gasteiger partial charge in [-0.2, -0.15) is 26.3 Å². The second kappa shape index (κ2) is 13.2. The number of ether oxygens (including phenoxy) is 1. The minimum atomic E-state index is -5.08. The maximum atomic E-state index is 10.6. The summed E-state index contributed by atoms with van der Waals surface area (Å²) < 4.78 is 69.0. The number of aromatic nitrogens is 2. The van der Waals surface area contributed by atoms with Crippen molar-refractivity contribution < 1.29 is 50.9 Å². The summed E-state index contributed by atoms with van der Waals surface area (Å²) in [5.41, 5.74) is 0.505. The molecule has 0 radical (unpaired) electrons. The Morgan fingerprint density at radius 3 is 1.84 bits per heavy atom. The highest BCUT2D eigenvalue weighted by Crippen LogP contribution is 2.41. The third-order valence-corrected chi connectivity index (χ3v) is 6.53. The average Bonchev–Trinajstić information content (AvgIpc) is 3.25. The number of piperidine rings is 1. The monoisotopic (exact) mass is 544 g/mol. The largest absolute Gasteiger partial charge is 0.490 e. The van der Waals surface area contributed by atoms with Gasteiger partial charge in [0.15, 0.2) is 0 Å². The Morgan fingerprint density at radius 1 is 0.919 bits per heavy atom. The Morgan fingerprint density at radius 2 is 1.38 bits per heavy atom. The van der Waals surface area contributed by atoms with Crippen LogP contribution in [0.3, 0.4) is 0 Å². The molecule has 3 saturated heterocycles. The molecule has 0 aromatic carbocycles. The van der Waals surface area contributed by atoms with Gasteiger partial charge in [-0.05, 0) is 62.6 Å². The molecular weight excluding hydrogens is 514 g/mol. The molecule has 0 unspecified atom stereocenters. The first-order valence-corrected chi connectivity index (χ1v) is 11.6. The van der Waals surface area contributed by atoms with Crippen molar-refractivity contribution in [3.05, 3.63) is 18.5 Å². The Kier molecular flexibility index (Phi) is 10.9. The van der Waals surface area contributed by atoms with Gasteiger partial charge in [0.2, 0.25) is 5.95 Å². The Labute approximate surface area is 209 Å². The minimum absolute atomic E-state index is 0.505. The van der Waals surface area contributed by atoms with Crippen molar-refractivity contribution in [3.63, 3.8) is 0 Å². The van der Waals surface area contributed by atoms with Gasteiger partial charge >= 0.3 is 24.3 Å². The molecule has 37 heavy (non-hydrogen) atoms. The van der Waals surface area contributed by atoms with Crippen molar-refractivity contribution >= 4 is 17.9 Å². The first-order chi connectivity index (χ1) is 17.2. The number of aliphatic carboxylic acids is 2. The van der Waals surface area contributed by atoms with Crippen LogP contribution in [0, 0.1) is 11.3 Å². The summed E-state index contributed by atoms with van der Waals surface area (Å²) >= 11 is 0. The van der Waals surface area contributed by atoms with Gasteiger partial charge in [-0.1, -0.05) is 0 Å². The van der Waals surface area contributed by atoms with Gasteiger partial charge in [0.25, 0.3) is 0 Å². The van der Waals surface area contributed by atoms with Crippen molar-refractivity contribution in [3.8, 4) is 0 Å². The minimum Gasteiger partial charge on any atom is -0.475 e. The average molecular weight is 544 g/mol. The zero-order chi connectivity index (χ0) is 27.7. The van der Waals surface area contributed by atoms with Gasteiger partial charge in [-0.25, -0.2) is 19.6 Å². The zero-order valence-electron chi connectivity index (χ0n) is 20.0. The summed E-state index contributed by atoms with van der Waals surface area (Å²) in [6, 6.07) is 1.89. The number of anilines is 1. The molecular formula is C22H30F6N4O5. The van der Waals surface area contributed by atoms with E-state index in [1.807, 2.05) is 18.5 Å². The van der Waals surface area contributed by atoms with Crippen LogP contribution >= 0.6 is 0 Å². The van der Waals surface area contributed by atoms with E-state index >= 15 is 0 Å². The summed E-state index contributed by atoms with van der Waals surface area (Å²) in [5, 5.41) is 14.2. The second-order valence-electron chi connectivity index (χ2n) is 9.18. The predicted molar refractivity (Wildman–Crippen MR) is 118 cm³/mol. The molecule has 1 aromatic rings. The van der Waals surface area contributed by atoms with E-state index < -0.39 is 24.3 Å². The fraction of sp³-hybridized carbons (Fsp3) is 0.727. The van der Waals surface area contributed by atoms with Gasteiger partial charge in [0.05, 0.1) is 0 Å². The van der Waals surface area contributed by atoms with E-state index in [2.05, 4.69) is 19.8 Å². The maximum absolute atomic E-state index is 10.6. The highest BCUT2D eigenvalue weighted by atomic mass is 19.4. The molecule has 4 rings (SSSR count). The number of carboxylic acid groups (broad SMARTS) is 2. The highest BCUT2D eigenvalue weighted by molar-refractivity contribution is 5.73. The second-order valence-corrected chi connectivity index (χ2v) is 9.18. The van der Waals surface area contributed by atoms with E-state index in [1.165, 1.54) is 51.7 Å². The molecule has 1 aromatic heterocycles. The lowest BCUT2D eigenvalue weighted by Gasteiger charge is -2.40. The van der Waals surface area contributed by atoms with Crippen LogP contribution in [0.4, 0.5) is 32.3 Å². The molecule has 4 heterocycles. The Bertz CT molecular complexity index is 833. The van der Waals surface area contributed by atoms with Crippen LogP contribution in [-0.2, 0) is 14.3 Å². The zero-order valence-corrected chi connectivity index (χ0v) is 20.0. The van der Waals surface area contributed by atoms with Gasteiger partial charge in [0, 0.05) is 45.2 Å². The maximum Gasteiger partial charge on any atom is 0.490 e. The number of carboxylic acids is 2. The fourth-order valence-corrected chi connectivity index (χ4v) is 4.47. The standard InChI is InChI=1S/C18H28N4O.2C2HF3O2/c1-7-19-17(20-8-1)22-11-6-18(15-22)4-9-21(10-5-18)14-16-2-12-23-13-3-16;2*3-2(4,5)1(6)7/h1,7-8,16H,2-6,9-15H2;2*(H,6,7). The van der Waals surface area contributed by atoms with E-state index in [1.54, 1.807) is 0 Å². The SMILES string of the molecule is O=C(O)C(F)(F)F.O=C(O)C(F)(F)F.c1cnc(N2CCC3(CCN(CC4CCOCC4)CC3)C2)nc1. The van der Waals surface area contributed by atoms with Crippen LogP contribution in [0.2, 0.25) is 0 Å². The number of alkyl halides is 6. The number of carbonyl (C=O) groups is 2. The third-order valence-electron chi connectivity index (χ3n) is 6.53. The molecule has 2 N–H and O–H groups in total. The van der Waals surface area contributed by atoms with Gasteiger partial charge in [-0.3, -0.25) is 0 Å². The number of rotatable bonds is 3. The molecule has 0 aliphatic carbocycles. The number of hydrogen-bond donors (Lipinski definition) is 2. The summed E-state index contributed by atoms with van der Waals surface area (Å²) in [6.07, 6.45) is 0.00460. The lowest BCUT2D eigenvalue weighted by Crippen LogP contribution is -2.44. The van der Waals surface area contributed by atoms with E-state index in [0.717, 1.165) is 38.2 Å². The topological polar surface area (TPSA) is 116 Å². The van der Waals surface area contributed by atoms with E-state index in [0.29, 0.717) is 5.41 Å². The summed E-state index contributed by atoms with van der Waals surface area (Å²) in [4.78, 5) is 31.7. The lowest BCUT2D eigenvalue weighted by molar-refractivity contribution is -0.193. The van der Waals surface area contributed by atoms with Crippen LogP contribution in [0.1, 0.15) is 32.1 Å². The smallest absolute Gasteiger partial charge is 0.475 e. The summed E-state index contributed by atoms with van der Waals surface area (Å²) in [7, 11) is 0. The van der Waals surface area contributed by atoms with Crippen LogP contribution < -0.4 is 4.90 Å². The van der Waals surface area contributed by atoms with Gasteiger partial charge in [-0.15, -0.1) is 0 Å². The van der Waals surface area contributed by atoms with Crippen LogP contribution in [0.15, 0.2) is 18.5 Å². The fourth-order valence-electron chi connectivity index (χ4n) is 4.47. The number of halogens is 6. The summed E-state index contributed by atoms with van der Waals surface area (Å²) in [6.45, 7) is 8.00. The van der Waals surface area contributed by atoms with E-state index in [-0.39, 0.29) is 0 Å². The van der Waals surface area contributed by atoms with E-state index in [9.17, 15) is 26.3 Å². The number of hydrogen-bond acceptors (Lipinski definition) is 7. The van der Waals surface area contributed by atoms with Gasteiger partial charge in [0.1, 0.15) is 0 Å². The Hall–Kier alpha value is -2.68. The molecule has 0 amide bonds. The highest BCUT2D eigenvalue weighted by Gasteiger charge is 2.41. The number of nitrogens with zero attached hydrogens (tertiary/aromatic N) is 4. The molecule has 3 aliphatic heterocycles. The molecule has 3 fully saturated rings. The molecule has 0 atom stereocenters. The molecule has 3 aliphatic rings. The Balaban J connectivity index is 0.000000286. The lowest BCUT2D eigenvalue weighted by atomic mass is 9.77. The third kappa shape index (κ3) is 10.3. The molecule has 1 spiro atoms. The van der Waals surface area contributed by atoms with E-state index in [4.69, 9.17) is 24.5 Å². The first kappa shape index (κ1) is 30.5. The molecule has 0 bridgehead atoms. The normalized spacial score (nSPS) is 20.4. The molecule has 210 valence electrons. The van der Waals surface area contributed by atoms with Crippen molar-refractivity contribution in [2.45, 2.75) is 44.5 Å². The van der Waals surface area contributed by atoms with Crippen molar-refractivity contribution in [1.29, 1.82) is 0 Å². The summed E-state index contributed by atoms with van der Waals surface area (Å²) in [5.74, 6) is -3.75. The van der Waals surface area contributed by atoms with Gasteiger partial charge < -0.3 is 24.7 Å². The number of likely N-dealkylation sites (tertiary alicyclic amines) is 1. The first-order valence-electron chi connectivity index (χ1n) is 11.6. The van der Waals surface area contributed by atoms with Crippen molar-refractivity contribution in [2.75, 3.05) is 50.8 Å². The quantitative estimate of drug-likeness (QED) is 0.552. The molecule has 15 heteroatoms. The molecule has 9 nitrogen and oxygen atoms in total. The molecule has 0 saturated carbocycles. The van der Waals surface area contributed by atoms with Crippen LogP contribution in [-0.4, -0.2) is 95.3 Å². The van der Waals surface area contributed by atoms with Crippen molar-refractivity contribution in [1.82, 2.24) is 14.9 Å². The predicted octanol–water partition coefficient (Wildman–Crippen LogP) is 3.46. The van der Waals surface area contributed by atoms with Crippen molar-refractivity contribution in [2.24, 2.45) is 11.3 Å². The van der Waals surface area contributed by atoms with Crippen LogP contribution in [0.25, 0.3) is 0 Å². The van der Waals surface area contributed by atoms with Crippen LogP contribution in [0.5, 0.6) is 0 Å².